The molecule has 1 aromatic rings. The van der Waals surface area contributed by atoms with Crippen molar-refractivity contribution in [2.45, 2.75) is 31.8 Å². The van der Waals surface area contributed by atoms with Crippen LogP contribution in [-0.4, -0.2) is 17.8 Å². The third-order valence-corrected chi connectivity index (χ3v) is 2.78. The van der Waals surface area contributed by atoms with Crippen LogP contribution in [0.15, 0.2) is 18.2 Å². The van der Waals surface area contributed by atoms with Crippen LogP contribution in [0.3, 0.4) is 0 Å². The zero-order valence-corrected chi connectivity index (χ0v) is 8.83. The van der Waals surface area contributed by atoms with Gasteiger partial charge < -0.3 is 10.4 Å². The fourth-order valence-electron chi connectivity index (χ4n) is 1.67. The SMILES string of the molecule is Cc1cc(C(CO)NC2CC2)ccc1F. The molecule has 1 unspecified atom stereocenters. The van der Waals surface area contributed by atoms with Gasteiger partial charge in [0.15, 0.2) is 0 Å². The number of aliphatic hydroxyl groups excluding tert-OH is 1. The molecule has 1 aliphatic carbocycles. The first-order valence-corrected chi connectivity index (χ1v) is 5.33. The highest BCUT2D eigenvalue weighted by atomic mass is 19.1. The van der Waals surface area contributed by atoms with Crippen LogP contribution in [-0.2, 0) is 0 Å². The summed E-state index contributed by atoms with van der Waals surface area (Å²) in [7, 11) is 0. The maximum absolute atomic E-state index is 13.1. The zero-order valence-electron chi connectivity index (χ0n) is 8.83. The third-order valence-electron chi connectivity index (χ3n) is 2.78. The van der Waals surface area contributed by atoms with Gasteiger partial charge >= 0.3 is 0 Å². The minimum atomic E-state index is -0.193. The topological polar surface area (TPSA) is 32.3 Å². The number of aliphatic hydroxyl groups is 1. The Balaban J connectivity index is 2.13. The van der Waals surface area contributed by atoms with Gasteiger partial charge in [-0.1, -0.05) is 12.1 Å². The number of halogens is 1. The van der Waals surface area contributed by atoms with Crippen LogP contribution in [0, 0.1) is 12.7 Å². The molecular formula is C12H16FNO. The molecule has 0 bridgehead atoms. The normalized spacial score (nSPS) is 17.8. The Labute approximate surface area is 89.1 Å². The second-order valence-electron chi connectivity index (χ2n) is 4.18. The van der Waals surface area contributed by atoms with Crippen molar-refractivity contribution in [3.8, 4) is 0 Å². The van der Waals surface area contributed by atoms with Crippen molar-refractivity contribution in [1.29, 1.82) is 0 Å². The van der Waals surface area contributed by atoms with Crippen LogP contribution in [0.5, 0.6) is 0 Å². The maximum Gasteiger partial charge on any atom is 0.126 e. The molecule has 0 saturated heterocycles. The van der Waals surface area contributed by atoms with Gasteiger partial charge in [-0.15, -0.1) is 0 Å². The largest absolute Gasteiger partial charge is 0.394 e. The van der Waals surface area contributed by atoms with Crippen LogP contribution >= 0.6 is 0 Å². The van der Waals surface area contributed by atoms with E-state index in [0.717, 1.165) is 5.56 Å². The van der Waals surface area contributed by atoms with Gasteiger partial charge in [0.2, 0.25) is 0 Å². The minimum absolute atomic E-state index is 0.0571. The summed E-state index contributed by atoms with van der Waals surface area (Å²) >= 11 is 0. The number of hydrogen-bond donors (Lipinski definition) is 2. The lowest BCUT2D eigenvalue weighted by molar-refractivity contribution is 0.243. The second-order valence-corrected chi connectivity index (χ2v) is 4.18. The van der Waals surface area contributed by atoms with Crippen molar-refractivity contribution in [3.63, 3.8) is 0 Å². The van der Waals surface area contributed by atoms with Crippen molar-refractivity contribution in [1.82, 2.24) is 5.32 Å². The molecule has 1 saturated carbocycles. The summed E-state index contributed by atoms with van der Waals surface area (Å²) in [4.78, 5) is 0. The van der Waals surface area contributed by atoms with Crippen LogP contribution in [0.2, 0.25) is 0 Å². The summed E-state index contributed by atoms with van der Waals surface area (Å²) in [5.74, 6) is -0.193. The summed E-state index contributed by atoms with van der Waals surface area (Å²) in [5, 5.41) is 12.6. The van der Waals surface area contributed by atoms with E-state index in [1.807, 2.05) is 0 Å². The molecule has 3 heteroatoms. The van der Waals surface area contributed by atoms with E-state index >= 15 is 0 Å². The molecule has 0 heterocycles. The van der Waals surface area contributed by atoms with E-state index in [-0.39, 0.29) is 18.5 Å². The number of rotatable bonds is 4. The molecule has 15 heavy (non-hydrogen) atoms. The number of aryl methyl sites for hydroxylation is 1. The van der Waals surface area contributed by atoms with Gasteiger partial charge in [0.1, 0.15) is 5.82 Å². The smallest absolute Gasteiger partial charge is 0.126 e. The van der Waals surface area contributed by atoms with Gasteiger partial charge in [-0.2, -0.15) is 0 Å². The quantitative estimate of drug-likeness (QED) is 0.794. The molecule has 1 aliphatic rings. The molecule has 2 nitrogen and oxygen atoms in total. The Hall–Kier alpha value is -0.930. The van der Waals surface area contributed by atoms with E-state index in [2.05, 4.69) is 5.32 Å². The lowest BCUT2D eigenvalue weighted by atomic mass is 10.0. The van der Waals surface area contributed by atoms with Gasteiger partial charge in [0, 0.05) is 6.04 Å². The molecule has 0 aromatic heterocycles. The predicted octanol–water partition coefficient (Wildman–Crippen LogP) is 1.92. The number of hydrogen-bond acceptors (Lipinski definition) is 2. The molecule has 0 spiro atoms. The summed E-state index contributed by atoms with van der Waals surface area (Å²) in [6, 6.07) is 5.47. The van der Waals surface area contributed by atoms with Gasteiger partial charge in [-0.3, -0.25) is 0 Å². The average molecular weight is 209 g/mol. The van der Waals surface area contributed by atoms with E-state index in [9.17, 15) is 9.50 Å². The predicted molar refractivity (Wildman–Crippen MR) is 57.1 cm³/mol. The van der Waals surface area contributed by atoms with Crippen molar-refractivity contribution < 1.29 is 9.50 Å². The number of nitrogens with one attached hydrogen (secondary N) is 1. The molecule has 1 atom stereocenters. The third kappa shape index (κ3) is 2.55. The summed E-state index contributed by atoms with van der Waals surface area (Å²) in [6.45, 7) is 1.80. The Morgan fingerprint density at radius 2 is 2.27 bits per heavy atom. The lowest BCUT2D eigenvalue weighted by Crippen LogP contribution is -2.26. The lowest BCUT2D eigenvalue weighted by Gasteiger charge is -2.16. The van der Waals surface area contributed by atoms with E-state index in [4.69, 9.17) is 0 Å². The van der Waals surface area contributed by atoms with Gasteiger partial charge in [-0.25, -0.2) is 4.39 Å². The second kappa shape index (κ2) is 4.29. The van der Waals surface area contributed by atoms with Crippen LogP contribution in [0.1, 0.15) is 30.0 Å². The molecule has 0 aliphatic heterocycles. The molecule has 2 rings (SSSR count). The monoisotopic (exact) mass is 209 g/mol. The summed E-state index contributed by atoms with van der Waals surface area (Å²) < 4.78 is 13.1. The molecule has 82 valence electrons. The highest BCUT2D eigenvalue weighted by Crippen LogP contribution is 2.24. The molecule has 1 fully saturated rings. The average Bonchev–Trinajstić information content (AvgIpc) is 3.02. The van der Waals surface area contributed by atoms with Gasteiger partial charge in [0.05, 0.1) is 12.6 Å². The summed E-state index contributed by atoms with van der Waals surface area (Å²) in [6.07, 6.45) is 2.35. The maximum atomic E-state index is 13.1. The fraction of sp³-hybridized carbons (Fsp3) is 0.500. The number of benzene rings is 1. The highest BCUT2D eigenvalue weighted by Gasteiger charge is 2.25. The van der Waals surface area contributed by atoms with Crippen molar-refractivity contribution in [3.05, 3.63) is 35.1 Å². The highest BCUT2D eigenvalue weighted by molar-refractivity contribution is 5.26. The molecule has 0 amide bonds. The van der Waals surface area contributed by atoms with Crippen LogP contribution in [0.4, 0.5) is 4.39 Å². The Kier molecular flexibility index (Phi) is 3.03. The summed E-state index contributed by atoms with van der Waals surface area (Å²) in [5.41, 5.74) is 1.59. The van der Waals surface area contributed by atoms with Crippen molar-refractivity contribution in [2.24, 2.45) is 0 Å². The first kappa shape index (κ1) is 10.6. The van der Waals surface area contributed by atoms with E-state index in [1.165, 1.54) is 18.9 Å². The molecule has 2 N–H and O–H groups in total. The zero-order chi connectivity index (χ0) is 10.8. The Bertz CT molecular complexity index is 349. The Morgan fingerprint density at radius 1 is 1.53 bits per heavy atom. The molecule has 1 aromatic carbocycles. The van der Waals surface area contributed by atoms with Crippen molar-refractivity contribution >= 4 is 0 Å². The first-order valence-electron chi connectivity index (χ1n) is 5.33. The molecular weight excluding hydrogens is 193 g/mol. The van der Waals surface area contributed by atoms with Gasteiger partial charge in [-0.05, 0) is 37.0 Å². The van der Waals surface area contributed by atoms with Crippen LogP contribution in [0.25, 0.3) is 0 Å². The van der Waals surface area contributed by atoms with Gasteiger partial charge in [0.25, 0.3) is 0 Å². The van der Waals surface area contributed by atoms with E-state index in [0.29, 0.717) is 11.6 Å². The van der Waals surface area contributed by atoms with Crippen LogP contribution < -0.4 is 5.32 Å². The fourth-order valence-corrected chi connectivity index (χ4v) is 1.67. The first-order chi connectivity index (χ1) is 7.20. The van der Waals surface area contributed by atoms with E-state index < -0.39 is 0 Å². The van der Waals surface area contributed by atoms with Crippen molar-refractivity contribution in [2.75, 3.05) is 6.61 Å². The standard InChI is InChI=1S/C12H16FNO/c1-8-6-9(2-5-11(8)13)12(7-15)14-10-3-4-10/h2,5-6,10,12,14-15H,3-4,7H2,1H3. The minimum Gasteiger partial charge on any atom is -0.394 e. The molecule has 0 radical (unpaired) electrons. The van der Waals surface area contributed by atoms with E-state index in [1.54, 1.807) is 19.1 Å². The Morgan fingerprint density at radius 3 is 2.80 bits per heavy atom.